The highest BCUT2D eigenvalue weighted by atomic mass is 35.5. The number of anilines is 2. The summed E-state index contributed by atoms with van der Waals surface area (Å²) in [6.07, 6.45) is 0. The van der Waals surface area contributed by atoms with E-state index in [1.54, 1.807) is 38.2 Å². The molecule has 2 rings (SSSR count). The van der Waals surface area contributed by atoms with Crippen molar-refractivity contribution in [2.24, 2.45) is 0 Å². The zero-order valence-electron chi connectivity index (χ0n) is 16.2. The van der Waals surface area contributed by atoms with Crippen molar-refractivity contribution in [2.75, 3.05) is 37.9 Å². The van der Waals surface area contributed by atoms with Gasteiger partial charge in [-0.2, -0.15) is 0 Å². The van der Waals surface area contributed by atoms with Crippen LogP contribution in [-0.4, -0.2) is 44.0 Å². The van der Waals surface area contributed by atoms with Gasteiger partial charge in [0.25, 0.3) is 17.5 Å². The molecule has 0 radical (unpaired) electrons. The van der Waals surface area contributed by atoms with Crippen molar-refractivity contribution in [1.82, 2.24) is 0 Å². The second-order valence-electron chi connectivity index (χ2n) is 6.51. The summed E-state index contributed by atoms with van der Waals surface area (Å²) in [5.74, 6) is -0.207. The maximum absolute atomic E-state index is 12.3. The lowest BCUT2D eigenvalue weighted by Crippen LogP contribution is -3.11. The Morgan fingerprint density at radius 3 is 2.31 bits per heavy atom. The molecule has 10 heteroatoms. The first-order valence-electron chi connectivity index (χ1n) is 8.69. The van der Waals surface area contributed by atoms with E-state index in [1.165, 1.54) is 19.2 Å². The number of nitrogens with zero attached hydrogens (tertiary/aromatic N) is 1. The number of benzene rings is 2. The number of likely N-dealkylation sites (N-methyl/N-ethyl adjacent to an activating group) is 1. The minimum absolute atomic E-state index is 0.00221. The molecule has 9 nitrogen and oxygen atoms in total. The summed E-state index contributed by atoms with van der Waals surface area (Å²) in [4.78, 5) is 35.5. The number of carbonyl (C=O) groups excluding carboxylic acids is 2. The molecule has 0 aliphatic carbocycles. The number of hydrogen-bond acceptors (Lipinski definition) is 5. The Morgan fingerprint density at radius 1 is 1.10 bits per heavy atom. The number of rotatable bonds is 8. The van der Waals surface area contributed by atoms with Gasteiger partial charge in [-0.05, 0) is 30.7 Å². The lowest BCUT2D eigenvalue weighted by Gasteiger charge is -2.15. The van der Waals surface area contributed by atoms with Gasteiger partial charge in [0, 0.05) is 17.2 Å². The molecule has 1 atom stereocenters. The van der Waals surface area contributed by atoms with Crippen LogP contribution in [-0.2, 0) is 9.59 Å². The third kappa shape index (κ3) is 6.44. The summed E-state index contributed by atoms with van der Waals surface area (Å²) >= 11 is 5.95. The van der Waals surface area contributed by atoms with Gasteiger partial charge in [-0.15, -0.1) is 0 Å². The third-order valence-electron chi connectivity index (χ3n) is 4.07. The van der Waals surface area contributed by atoms with Gasteiger partial charge in [0.2, 0.25) is 0 Å². The molecule has 154 valence electrons. The fourth-order valence-electron chi connectivity index (χ4n) is 2.64. The van der Waals surface area contributed by atoms with Crippen molar-refractivity contribution in [1.29, 1.82) is 0 Å². The van der Waals surface area contributed by atoms with Gasteiger partial charge in [0.15, 0.2) is 13.1 Å². The maximum atomic E-state index is 12.3. The Kier molecular flexibility index (Phi) is 7.52. The van der Waals surface area contributed by atoms with E-state index in [-0.39, 0.29) is 30.6 Å². The van der Waals surface area contributed by atoms with Gasteiger partial charge in [-0.3, -0.25) is 19.7 Å². The molecular weight excluding hydrogens is 400 g/mol. The molecular formula is C19H22ClN4O5+. The topological polar surface area (TPSA) is 115 Å². The molecule has 2 amide bonds. The summed E-state index contributed by atoms with van der Waals surface area (Å²) in [6, 6.07) is 9.11. The number of quaternary nitrogens is 1. The molecule has 29 heavy (non-hydrogen) atoms. The lowest BCUT2D eigenvalue weighted by molar-refractivity contribution is -0.862. The molecule has 0 spiro atoms. The number of amides is 2. The highest BCUT2D eigenvalue weighted by molar-refractivity contribution is 6.31. The standard InChI is InChI=1S/C19H21ClN4O5/c1-12-4-6-14(24(27)28)9-15(12)21-18(25)10-23(2)11-19(26)22-16-8-13(20)5-7-17(16)29-3/h4-9H,10-11H2,1-3H3,(H,21,25)(H,22,26)/p+1. The zero-order valence-corrected chi connectivity index (χ0v) is 17.0. The maximum Gasteiger partial charge on any atom is 0.279 e. The molecule has 0 saturated carbocycles. The monoisotopic (exact) mass is 421 g/mol. The van der Waals surface area contributed by atoms with E-state index in [9.17, 15) is 19.7 Å². The fourth-order valence-corrected chi connectivity index (χ4v) is 2.81. The minimum atomic E-state index is -0.527. The molecule has 2 aromatic carbocycles. The molecule has 1 unspecified atom stereocenters. The van der Waals surface area contributed by atoms with E-state index in [1.807, 2.05) is 0 Å². The predicted molar refractivity (Wildman–Crippen MR) is 110 cm³/mol. The SMILES string of the molecule is COc1ccc(Cl)cc1NC(=O)C[NH+](C)CC(=O)Nc1cc([N+](=O)[O-])ccc1C. The van der Waals surface area contributed by atoms with E-state index in [0.29, 0.717) is 32.6 Å². The number of aryl methyl sites for hydroxylation is 1. The van der Waals surface area contributed by atoms with Gasteiger partial charge >= 0.3 is 0 Å². The van der Waals surface area contributed by atoms with E-state index in [4.69, 9.17) is 16.3 Å². The first-order valence-corrected chi connectivity index (χ1v) is 9.07. The Hall–Kier alpha value is -3.17. The molecule has 2 aromatic rings. The van der Waals surface area contributed by atoms with Crippen molar-refractivity contribution in [3.05, 3.63) is 57.1 Å². The summed E-state index contributed by atoms with van der Waals surface area (Å²) in [5.41, 5.74) is 1.40. The summed E-state index contributed by atoms with van der Waals surface area (Å²) in [6.45, 7) is 1.76. The van der Waals surface area contributed by atoms with E-state index >= 15 is 0 Å². The van der Waals surface area contributed by atoms with Crippen LogP contribution in [0.5, 0.6) is 5.75 Å². The zero-order chi connectivity index (χ0) is 21.6. The molecule has 0 aliphatic rings. The van der Waals surface area contributed by atoms with Crippen LogP contribution < -0.4 is 20.3 Å². The Labute approximate surface area is 172 Å². The molecule has 3 N–H and O–H groups in total. The van der Waals surface area contributed by atoms with Crippen molar-refractivity contribution in [3.8, 4) is 5.75 Å². The lowest BCUT2D eigenvalue weighted by atomic mass is 10.2. The van der Waals surface area contributed by atoms with Crippen LogP contribution in [0.25, 0.3) is 0 Å². The average molecular weight is 422 g/mol. The first kappa shape index (κ1) is 22.1. The molecule has 0 aromatic heterocycles. The predicted octanol–water partition coefficient (Wildman–Crippen LogP) is 1.66. The number of carbonyl (C=O) groups is 2. The van der Waals surface area contributed by atoms with Crippen LogP contribution >= 0.6 is 11.6 Å². The van der Waals surface area contributed by atoms with Crippen LogP contribution in [0.3, 0.4) is 0 Å². The van der Waals surface area contributed by atoms with E-state index < -0.39 is 4.92 Å². The summed E-state index contributed by atoms with van der Waals surface area (Å²) < 4.78 is 5.18. The van der Waals surface area contributed by atoms with Gasteiger partial charge in [0.05, 0.1) is 30.5 Å². The van der Waals surface area contributed by atoms with Crippen LogP contribution in [0.1, 0.15) is 5.56 Å². The largest absolute Gasteiger partial charge is 0.495 e. The first-order chi connectivity index (χ1) is 13.7. The molecule has 0 fully saturated rings. The van der Waals surface area contributed by atoms with Crippen molar-refractivity contribution < 1.29 is 24.1 Å². The number of nitro groups is 1. The quantitative estimate of drug-likeness (QED) is 0.443. The Morgan fingerprint density at radius 2 is 1.72 bits per heavy atom. The highest BCUT2D eigenvalue weighted by Gasteiger charge is 2.17. The number of methoxy groups -OCH3 is 1. The van der Waals surface area contributed by atoms with Crippen LogP contribution in [0.4, 0.5) is 17.1 Å². The average Bonchev–Trinajstić information content (AvgIpc) is 2.63. The van der Waals surface area contributed by atoms with Gasteiger partial charge in [-0.1, -0.05) is 17.7 Å². The summed E-state index contributed by atoms with van der Waals surface area (Å²) in [5, 5.41) is 16.7. The van der Waals surface area contributed by atoms with Crippen molar-refractivity contribution in [2.45, 2.75) is 6.92 Å². The third-order valence-corrected chi connectivity index (χ3v) is 4.30. The number of hydrogen-bond donors (Lipinski definition) is 3. The smallest absolute Gasteiger partial charge is 0.279 e. The van der Waals surface area contributed by atoms with Gasteiger partial charge in [-0.25, -0.2) is 0 Å². The summed E-state index contributed by atoms with van der Waals surface area (Å²) in [7, 11) is 3.17. The molecule has 0 saturated heterocycles. The normalized spacial score (nSPS) is 11.4. The number of halogens is 1. The van der Waals surface area contributed by atoms with Crippen LogP contribution in [0, 0.1) is 17.0 Å². The molecule has 0 heterocycles. The minimum Gasteiger partial charge on any atom is -0.495 e. The van der Waals surface area contributed by atoms with Gasteiger partial charge < -0.3 is 20.3 Å². The van der Waals surface area contributed by atoms with Crippen molar-refractivity contribution >= 4 is 40.5 Å². The fraction of sp³-hybridized carbons (Fsp3) is 0.263. The van der Waals surface area contributed by atoms with Crippen LogP contribution in [0.15, 0.2) is 36.4 Å². The number of nitrogens with one attached hydrogen (secondary N) is 3. The van der Waals surface area contributed by atoms with E-state index in [0.717, 1.165) is 0 Å². The Balaban J connectivity index is 1.93. The Bertz CT molecular complexity index is 935. The van der Waals surface area contributed by atoms with E-state index in [2.05, 4.69) is 10.6 Å². The number of non-ortho nitro benzene ring substituents is 1. The number of ether oxygens (including phenoxy) is 1. The second-order valence-corrected chi connectivity index (χ2v) is 6.94. The number of nitro benzene ring substituents is 1. The van der Waals surface area contributed by atoms with Crippen LogP contribution in [0.2, 0.25) is 5.02 Å². The van der Waals surface area contributed by atoms with Gasteiger partial charge in [0.1, 0.15) is 5.75 Å². The van der Waals surface area contributed by atoms with Crippen molar-refractivity contribution in [3.63, 3.8) is 0 Å². The molecule has 0 aliphatic heterocycles. The highest BCUT2D eigenvalue weighted by Crippen LogP contribution is 2.27. The second kappa shape index (κ2) is 9.85. The molecule has 0 bridgehead atoms.